The van der Waals surface area contributed by atoms with Crippen LogP contribution in [0.1, 0.15) is 24.8 Å². The van der Waals surface area contributed by atoms with Gasteiger partial charge in [-0.05, 0) is 18.4 Å². The summed E-state index contributed by atoms with van der Waals surface area (Å²) in [6, 6.07) is 10.0. The molecule has 1 saturated carbocycles. The van der Waals surface area contributed by atoms with Crippen LogP contribution in [0, 0.1) is 11.8 Å². The predicted octanol–water partition coefficient (Wildman–Crippen LogP) is 1.85. The van der Waals surface area contributed by atoms with Gasteiger partial charge in [-0.3, -0.25) is 4.79 Å². The molecule has 1 aliphatic heterocycles. The second kappa shape index (κ2) is 6.63. The number of ether oxygens (including phenoxy) is 1. The number of hydrogen-bond donors (Lipinski definition) is 2. The molecule has 1 saturated heterocycles. The molecule has 1 aromatic carbocycles. The first-order chi connectivity index (χ1) is 10.6. The van der Waals surface area contributed by atoms with Crippen LogP contribution < -0.4 is 0 Å². The quantitative estimate of drug-likeness (QED) is 0.643. The number of esters is 1. The number of aliphatic hydroxyl groups excluding tert-OH is 2. The van der Waals surface area contributed by atoms with Crippen LogP contribution in [0.15, 0.2) is 42.5 Å². The van der Waals surface area contributed by atoms with Crippen LogP contribution in [-0.4, -0.2) is 34.5 Å². The molecule has 0 radical (unpaired) electrons. The molecule has 22 heavy (non-hydrogen) atoms. The fourth-order valence-electron chi connectivity index (χ4n) is 3.50. The van der Waals surface area contributed by atoms with Crippen molar-refractivity contribution in [3.8, 4) is 0 Å². The zero-order chi connectivity index (χ0) is 15.5. The molecule has 3 rings (SSSR count). The molecule has 2 N–H and O–H groups in total. The average molecular weight is 302 g/mol. The molecule has 4 nitrogen and oxygen atoms in total. The van der Waals surface area contributed by atoms with E-state index in [2.05, 4.69) is 0 Å². The summed E-state index contributed by atoms with van der Waals surface area (Å²) in [7, 11) is 0. The van der Waals surface area contributed by atoms with Gasteiger partial charge in [-0.15, -0.1) is 0 Å². The van der Waals surface area contributed by atoms with Gasteiger partial charge in [0, 0.05) is 18.3 Å². The lowest BCUT2D eigenvalue weighted by Crippen LogP contribution is -2.18. The molecule has 0 aromatic heterocycles. The fourth-order valence-corrected chi connectivity index (χ4v) is 3.50. The highest BCUT2D eigenvalue weighted by Crippen LogP contribution is 2.42. The number of carbonyl (C=O) groups excluding carboxylic acids is 1. The Morgan fingerprint density at radius 3 is 2.86 bits per heavy atom. The third-order valence-electron chi connectivity index (χ3n) is 4.70. The zero-order valence-electron chi connectivity index (χ0n) is 12.5. The van der Waals surface area contributed by atoms with E-state index in [-0.39, 0.29) is 23.9 Å². The Hall–Kier alpha value is -1.65. The van der Waals surface area contributed by atoms with E-state index >= 15 is 0 Å². The van der Waals surface area contributed by atoms with Crippen molar-refractivity contribution in [3.05, 3.63) is 48.0 Å². The van der Waals surface area contributed by atoms with Gasteiger partial charge in [-0.1, -0.05) is 42.5 Å². The van der Waals surface area contributed by atoms with E-state index in [0.29, 0.717) is 19.3 Å². The largest absolute Gasteiger partial charge is 0.462 e. The Morgan fingerprint density at radius 1 is 1.32 bits per heavy atom. The maximum atomic E-state index is 11.3. The van der Waals surface area contributed by atoms with Crippen LogP contribution in [0.2, 0.25) is 0 Å². The lowest BCUT2D eigenvalue weighted by Gasteiger charge is -2.15. The monoisotopic (exact) mass is 302 g/mol. The van der Waals surface area contributed by atoms with Crippen LogP contribution in [0.3, 0.4) is 0 Å². The second-order valence-corrected chi connectivity index (χ2v) is 6.25. The standard InChI is InChI=1S/C18H22O4/c19-13(7-6-12-4-2-1-3-5-12)8-9-14-15-10-18(21)22-17(15)11-16(14)20/h1-5,8-9,13-17,19-20H,6-7,10-11H2/b9-8+/t13?,14-,15-,16-,17?/m1/s1. The Bertz CT molecular complexity index is 539. The molecule has 4 heteroatoms. The van der Waals surface area contributed by atoms with Gasteiger partial charge in [0.15, 0.2) is 0 Å². The van der Waals surface area contributed by atoms with E-state index < -0.39 is 12.2 Å². The molecule has 1 aliphatic carbocycles. The van der Waals surface area contributed by atoms with Gasteiger partial charge in [0.2, 0.25) is 0 Å². The third kappa shape index (κ3) is 3.39. The van der Waals surface area contributed by atoms with Crippen LogP contribution in [0.4, 0.5) is 0 Å². The number of aryl methyl sites for hydroxylation is 1. The van der Waals surface area contributed by atoms with Crippen molar-refractivity contribution in [2.24, 2.45) is 11.8 Å². The molecule has 1 aromatic rings. The van der Waals surface area contributed by atoms with Crippen molar-refractivity contribution in [3.63, 3.8) is 0 Å². The molecule has 2 aliphatic rings. The normalized spacial score (nSPS) is 32.2. The van der Waals surface area contributed by atoms with Gasteiger partial charge in [0.1, 0.15) is 6.10 Å². The van der Waals surface area contributed by atoms with Crippen molar-refractivity contribution in [1.82, 2.24) is 0 Å². The first-order valence-electron chi connectivity index (χ1n) is 7.91. The zero-order valence-corrected chi connectivity index (χ0v) is 12.5. The summed E-state index contributed by atoms with van der Waals surface area (Å²) in [4.78, 5) is 11.3. The minimum atomic E-state index is -0.538. The molecule has 0 bridgehead atoms. The number of carbonyl (C=O) groups is 1. The predicted molar refractivity (Wildman–Crippen MR) is 82.0 cm³/mol. The van der Waals surface area contributed by atoms with Crippen molar-refractivity contribution < 1.29 is 19.7 Å². The van der Waals surface area contributed by atoms with Crippen molar-refractivity contribution in [2.45, 2.75) is 44.0 Å². The number of fused-ring (bicyclic) bond motifs is 1. The van der Waals surface area contributed by atoms with Gasteiger partial charge in [-0.2, -0.15) is 0 Å². The van der Waals surface area contributed by atoms with E-state index in [1.54, 1.807) is 6.08 Å². The number of hydrogen-bond acceptors (Lipinski definition) is 4. The number of rotatable bonds is 5. The van der Waals surface area contributed by atoms with E-state index in [4.69, 9.17) is 4.74 Å². The van der Waals surface area contributed by atoms with Crippen LogP contribution in [0.5, 0.6) is 0 Å². The molecule has 2 unspecified atom stereocenters. The summed E-state index contributed by atoms with van der Waals surface area (Å²) < 4.78 is 5.20. The minimum Gasteiger partial charge on any atom is -0.462 e. The van der Waals surface area contributed by atoms with Gasteiger partial charge in [0.05, 0.1) is 18.6 Å². The van der Waals surface area contributed by atoms with Crippen LogP contribution >= 0.6 is 0 Å². The first-order valence-corrected chi connectivity index (χ1v) is 7.91. The average Bonchev–Trinajstić information content (AvgIpc) is 2.99. The van der Waals surface area contributed by atoms with Crippen molar-refractivity contribution in [2.75, 3.05) is 0 Å². The van der Waals surface area contributed by atoms with E-state index in [1.165, 1.54) is 5.56 Å². The van der Waals surface area contributed by atoms with Gasteiger partial charge in [-0.25, -0.2) is 0 Å². The van der Waals surface area contributed by atoms with Crippen LogP contribution in [0.25, 0.3) is 0 Å². The molecule has 0 amide bonds. The Labute approximate surface area is 130 Å². The lowest BCUT2D eigenvalue weighted by molar-refractivity contribution is -0.141. The summed E-state index contributed by atoms with van der Waals surface area (Å²) in [5.74, 6) is -0.215. The van der Waals surface area contributed by atoms with Crippen molar-refractivity contribution >= 4 is 5.97 Å². The van der Waals surface area contributed by atoms with Gasteiger partial charge >= 0.3 is 5.97 Å². The molecule has 118 valence electrons. The maximum absolute atomic E-state index is 11.3. The fraction of sp³-hybridized carbons (Fsp3) is 0.500. The van der Waals surface area contributed by atoms with Crippen molar-refractivity contribution in [1.29, 1.82) is 0 Å². The Morgan fingerprint density at radius 2 is 2.09 bits per heavy atom. The van der Waals surface area contributed by atoms with E-state index in [1.807, 2.05) is 36.4 Å². The molecule has 2 fully saturated rings. The van der Waals surface area contributed by atoms with Gasteiger partial charge < -0.3 is 14.9 Å². The van der Waals surface area contributed by atoms with Gasteiger partial charge in [0.25, 0.3) is 0 Å². The SMILES string of the molecule is O=C1C[C@H]2C(C[C@@H](O)[C@@H]2/C=C/C(O)CCc2ccccc2)O1. The summed E-state index contributed by atoms with van der Waals surface area (Å²) in [5.41, 5.74) is 1.20. The summed E-state index contributed by atoms with van der Waals surface area (Å²) in [6.45, 7) is 0. The topological polar surface area (TPSA) is 66.8 Å². The highest BCUT2D eigenvalue weighted by molar-refractivity contribution is 5.72. The molecule has 5 atom stereocenters. The number of benzene rings is 1. The molecule has 0 spiro atoms. The van der Waals surface area contributed by atoms with E-state index in [9.17, 15) is 15.0 Å². The third-order valence-corrected chi connectivity index (χ3v) is 4.70. The highest BCUT2D eigenvalue weighted by atomic mass is 16.6. The second-order valence-electron chi connectivity index (χ2n) is 6.25. The maximum Gasteiger partial charge on any atom is 0.306 e. The summed E-state index contributed by atoms with van der Waals surface area (Å²) in [6.07, 6.45) is 4.78. The molecular weight excluding hydrogens is 280 g/mol. The summed E-state index contributed by atoms with van der Waals surface area (Å²) in [5, 5.41) is 20.2. The van der Waals surface area contributed by atoms with E-state index in [0.717, 1.165) is 6.42 Å². The molecule has 1 heterocycles. The summed E-state index contributed by atoms with van der Waals surface area (Å²) >= 11 is 0. The minimum absolute atomic E-state index is 0.0556. The Balaban J connectivity index is 1.53. The number of aliphatic hydroxyl groups is 2. The first kappa shape index (κ1) is 15.3. The molecular formula is C18H22O4. The van der Waals surface area contributed by atoms with Crippen LogP contribution in [-0.2, 0) is 16.0 Å². The lowest BCUT2D eigenvalue weighted by atomic mass is 9.91. The smallest absolute Gasteiger partial charge is 0.306 e. The highest BCUT2D eigenvalue weighted by Gasteiger charge is 2.48. The Kier molecular flexibility index (Phi) is 4.60.